The third-order valence-corrected chi connectivity index (χ3v) is 2.23. The topological polar surface area (TPSA) is 61.3 Å². The van der Waals surface area contributed by atoms with Gasteiger partial charge in [0, 0.05) is 17.1 Å². The van der Waals surface area contributed by atoms with Gasteiger partial charge in [0.15, 0.2) is 0 Å². The minimum Gasteiger partial charge on any atom is -0.411 e. The maximum Gasteiger partial charge on any atom is 0.139 e. The lowest BCUT2D eigenvalue weighted by molar-refractivity contribution is 0.322. The first-order chi connectivity index (χ1) is 6.72. The summed E-state index contributed by atoms with van der Waals surface area (Å²) in [6.45, 7) is 1.93. The Morgan fingerprint density at radius 3 is 3.14 bits per heavy atom. The average molecular weight is 210 g/mol. The van der Waals surface area contributed by atoms with Crippen LogP contribution in [0.25, 0.3) is 11.0 Å². The van der Waals surface area contributed by atoms with E-state index in [2.05, 4.69) is 15.1 Å². The van der Waals surface area contributed by atoms with Gasteiger partial charge in [-0.15, -0.1) is 0 Å². The highest BCUT2D eigenvalue weighted by atomic mass is 35.5. The minimum atomic E-state index is 0.448. The predicted octanol–water partition coefficient (Wildman–Crippen LogP) is 2.33. The van der Waals surface area contributed by atoms with Gasteiger partial charge in [-0.2, -0.15) is 0 Å². The van der Waals surface area contributed by atoms with Crippen LogP contribution in [0.1, 0.15) is 11.1 Å². The van der Waals surface area contributed by atoms with Gasteiger partial charge in [-0.3, -0.25) is 0 Å². The van der Waals surface area contributed by atoms with Gasteiger partial charge in [0.1, 0.15) is 10.8 Å². The lowest BCUT2D eigenvalue weighted by Crippen LogP contribution is -1.84. The molecule has 0 spiro atoms. The third kappa shape index (κ3) is 1.33. The number of aromatic amines is 1. The van der Waals surface area contributed by atoms with Crippen LogP contribution in [0.5, 0.6) is 0 Å². The fourth-order valence-corrected chi connectivity index (χ4v) is 1.73. The molecule has 2 aromatic rings. The second kappa shape index (κ2) is 3.31. The zero-order valence-electron chi connectivity index (χ0n) is 7.45. The predicted molar refractivity (Wildman–Crippen MR) is 55.2 cm³/mol. The fourth-order valence-electron chi connectivity index (χ4n) is 1.48. The van der Waals surface area contributed by atoms with Gasteiger partial charge in [-0.25, -0.2) is 4.98 Å². The molecule has 4 nitrogen and oxygen atoms in total. The molecule has 0 aliphatic heterocycles. The van der Waals surface area contributed by atoms with Crippen LogP contribution < -0.4 is 0 Å². The first kappa shape index (κ1) is 9.02. The van der Waals surface area contributed by atoms with Crippen LogP contribution in [-0.4, -0.2) is 21.4 Å². The highest BCUT2D eigenvalue weighted by molar-refractivity contribution is 6.30. The molecule has 2 heterocycles. The van der Waals surface area contributed by atoms with E-state index in [1.54, 1.807) is 12.3 Å². The van der Waals surface area contributed by atoms with Crippen molar-refractivity contribution in [2.75, 3.05) is 0 Å². The molecule has 0 saturated carbocycles. The molecule has 0 saturated heterocycles. The Balaban J connectivity index is 2.78. The van der Waals surface area contributed by atoms with Crippen LogP contribution >= 0.6 is 11.6 Å². The number of hydrogen-bond donors (Lipinski definition) is 2. The van der Waals surface area contributed by atoms with Crippen molar-refractivity contribution in [3.63, 3.8) is 0 Å². The van der Waals surface area contributed by atoms with E-state index in [1.165, 1.54) is 6.21 Å². The maximum absolute atomic E-state index is 8.45. The van der Waals surface area contributed by atoms with E-state index in [0.717, 1.165) is 16.5 Å². The van der Waals surface area contributed by atoms with E-state index in [4.69, 9.17) is 16.8 Å². The molecule has 0 bridgehead atoms. The minimum absolute atomic E-state index is 0.448. The van der Waals surface area contributed by atoms with Crippen molar-refractivity contribution in [1.29, 1.82) is 0 Å². The lowest BCUT2D eigenvalue weighted by Gasteiger charge is -1.97. The van der Waals surface area contributed by atoms with E-state index in [1.807, 2.05) is 6.92 Å². The Morgan fingerprint density at radius 2 is 2.43 bits per heavy atom. The molecule has 0 aliphatic carbocycles. The summed E-state index contributed by atoms with van der Waals surface area (Å²) >= 11 is 5.80. The molecule has 0 atom stereocenters. The number of nitrogens with zero attached hydrogens (tertiary/aromatic N) is 2. The first-order valence-corrected chi connectivity index (χ1v) is 4.42. The summed E-state index contributed by atoms with van der Waals surface area (Å²) in [6, 6.07) is 1.77. The summed E-state index contributed by atoms with van der Waals surface area (Å²) in [5.74, 6) is 0. The highest BCUT2D eigenvalue weighted by Gasteiger charge is 2.07. The number of H-pyrrole nitrogens is 1. The molecule has 0 amide bonds. The van der Waals surface area contributed by atoms with E-state index >= 15 is 0 Å². The molecule has 14 heavy (non-hydrogen) atoms. The molecular weight excluding hydrogens is 202 g/mol. The van der Waals surface area contributed by atoms with Crippen molar-refractivity contribution in [2.45, 2.75) is 6.92 Å². The van der Waals surface area contributed by atoms with Crippen LogP contribution in [0.2, 0.25) is 5.15 Å². The molecule has 0 unspecified atom stereocenters. The number of rotatable bonds is 1. The van der Waals surface area contributed by atoms with Crippen LogP contribution in [0.4, 0.5) is 0 Å². The Bertz CT molecular complexity index is 504. The monoisotopic (exact) mass is 209 g/mol. The third-order valence-electron chi connectivity index (χ3n) is 2.04. The highest BCUT2D eigenvalue weighted by Crippen LogP contribution is 2.22. The van der Waals surface area contributed by atoms with Gasteiger partial charge in [0.25, 0.3) is 0 Å². The van der Waals surface area contributed by atoms with E-state index in [0.29, 0.717) is 10.8 Å². The van der Waals surface area contributed by atoms with E-state index < -0.39 is 0 Å². The van der Waals surface area contributed by atoms with Crippen LogP contribution in [0.3, 0.4) is 0 Å². The van der Waals surface area contributed by atoms with Crippen molar-refractivity contribution >= 4 is 28.8 Å². The Labute approximate surface area is 85.2 Å². The summed E-state index contributed by atoms with van der Waals surface area (Å²) in [6.07, 6.45) is 3.09. The second-order valence-electron chi connectivity index (χ2n) is 2.97. The van der Waals surface area contributed by atoms with Crippen LogP contribution in [0, 0.1) is 6.92 Å². The van der Waals surface area contributed by atoms with Gasteiger partial charge in [0.05, 0.1) is 6.21 Å². The van der Waals surface area contributed by atoms with Gasteiger partial charge in [-0.1, -0.05) is 16.8 Å². The Hall–Kier alpha value is -1.55. The van der Waals surface area contributed by atoms with Crippen molar-refractivity contribution in [2.24, 2.45) is 5.16 Å². The molecule has 72 valence electrons. The van der Waals surface area contributed by atoms with Crippen molar-refractivity contribution in [1.82, 2.24) is 9.97 Å². The van der Waals surface area contributed by atoms with Gasteiger partial charge >= 0.3 is 0 Å². The van der Waals surface area contributed by atoms with Crippen molar-refractivity contribution < 1.29 is 5.21 Å². The molecule has 2 aromatic heterocycles. The largest absolute Gasteiger partial charge is 0.411 e. The second-order valence-corrected chi connectivity index (χ2v) is 3.36. The Morgan fingerprint density at radius 1 is 1.64 bits per heavy atom. The number of aromatic nitrogens is 2. The summed E-state index contributed by atoms with van der Waals surface area (Å²) in [7, 11) is 0. The number of fused-ring (bicyclic) bond motifs is 1. The van der Waals surface area contributed by atoms with E-state index in [-0.39, 0.29) is 0 Å². The quantitative estimate of drug-likeness (QED) is 0.328. The molecule has 0 aromatic carbocycles. The molecular formula is C9H8ClN3O. The number of pyridine rings is 1. The maximum atomic E-state index is 8.45. The van der Waals surface area contributed by atoms with Crippen molar-refractivity contribution in [3.8, 4) is 0 Å². The Kier molecular flexibility index (Phi) is 2.13. The molecule has 0 aliphatic rings. The van der Waals surface area contributed by atoms with Crippen molar-refractivity contribution in [3.05, 3.63) is 28.5 Å². The van der Waals surface area contributed by atoms with Gasteiger partial charge < -0.3 is 10.2 Å². The summed E-state index contributed by atoms with van der Waals surface area (Å²) in [4.78, 5) is 7.06. The molecule has 2 N–H and O–H groups in total. The lowest BCUT2D eigenvalue weighted by atomic mass is 10.1. The molecule has 5 heteroatoms. The van der Waals surface area contributed by atoms with Crippen LogP contribution in [-0.2, 0) is 0 Å². The smallest absolute Gasteiger partial charge is 0.139 e. The van der Waals surface area contributed by atoms with E-state index in [9.17, 15) is 0 Å². The summed E-state index contributed by atoms with van der Waals surface area (Å²) < 4.78 is 0. The van der Waals surface area contributed by atoms with Gasteiger partial charge in [-0.05, 0) is 18.6 Å². The van der Waals surface area contributed by atoms with Gasteiger partial charge in [0.2, 0.25) is 0 Å². The zero-order valence-corrected chi connectivity index (χ0v) is 8.21. The summed E-state index contributed by atoms with van der Waals surface area (Å²) in [5, 5.41) is 12.8. The number of oxime groups is 1. The number of aryl methyl sites for hydroxylation is 1. The number of nitrogens with one attached hydrogen (secondary N) is 1. The zero-order chi connectivity index (χ0) is 10.1. The van der Waals surface area contributed by atoms with Crippen LogP contribution in [0.15, 0.2) is 17.4 Å². The summed E-state index contributed by atoms with van der Waals surface area (Å²) in [5.41, 5.74) is 2.49. The standard InChI is InChI=1S/C9H8ClN3O/c1-5-2-7(10)13-9-8(5)6(3-11-9)4-12-14/h2-4,14H,1H3,(H,11,13)/b12-4+. The first-order valence-electron chi connectivity index (χ1n) is 4.04. The normalized spacial score (nSPS) is 11.6. The molecule has 2 rings (SSSR count). The number of hydrogen-bond acceptors (Lipinski definition) is 3. The SMILES string of the molecule is Cc1cc(Cl)nc2[nH]cc(/C=N/O)c12. The number of halogens is 1. The average Bonchev–Trinajstić information content (AvgIpc) is 2.49. The molecule has 0 fully saturated rings. The fraction of sp³-hybridized carbons (Fsp3) is 0.111. The molecule has 0 radical (unpaired) electrons.